The first-order valence-electron chi connectivity index (χ1n) is 6.10. The summed E-state index contributed by atoms with van der Waals surface area (Å²) in [5.74, 6) is 0. The first-order valence-corrected chi connectivity index (χ1v) is 6.90. The van der Waals surface area contributed by atoms with Crippen molar-refractivity contribution in [3.05, 3.63) is 58.6 Å². The fraction of sp³-hybridized carbons (Fsp3) is 0.133. The van der Waals surface area contributed by atoms with Gasteiger partial charge < -0.3 is 10.1 Å². The molecule has 0 spiro atoms. The Morgan fingerprint density at radius 2 is 2.11 bits per heavy atom. The highest BCUT2D eigenvalue weighted by Gasteiger charge is 2.06. The summed E-state index contributed by atoms with van der Waals surface area (Å²) in [6.45, 7) is 2.58. The van der Waals surface area contributed by atoms with Crippen molar-refractivity contribution in [2.75, 3.05) is 0 Å². The topological polar surface area (TPSA) is 43.3 Å². The maximum atomic E-state index is 5.62. The van der Waals surface area contributed by atoms with Gasteiger partial charge in [0.2, 0.25) is 0 Å². The molecule has 0 saturated heterocycles. The molecule has 2 N–H and O–H groups in total. The number of nitrogens with two attached hydrogens (primary N) is 1. The first kappa shape index (κ1) is 12.4. The van der Waals surface area contributed by atoms with Crippen LogP contribution < -0.4 is 5.73 Å². The van der Waals surface area contributed by atoms with Crippen LogP contribution in [0, 0.1) is 6.92 Å². The van der Waals surface area contributed by atoms with Gasteiger partial charge in [0.1, 0.15) is 0 Å². The smallest absolute Gasteiger partial charge is 0.0994 e. The number of aromatic nitrogens is 2. The van der Waals surface area contributed by atoms with Gasteiger partial charge in [-0.05, 0) is 42.3 Å². The van der Waals surface area contributed by atoms with Crippen LogP contribution in [0.2, 0.25) is 0 Å². The molecule has 19 heavy (non-hydrogen) atoms. The van der Waals surface area contributed by atoms with E-state index in [2.05, 4.69) is 58.3 Å². The molecule has 96 valence electrons. The Balaban J connectivity index is 2.17. The van der Waals surface area contributed by atoms with E-state index in [4.69, 9.17) is 5.73 Å². The van der Waals surface area contributed by atoms with Crippen LogP contribution in [0.4, 0.5) is 0 Å². The van der Waals surface area contributed by atoms with Crippen molar-refractivity contribution < 1.29 is 0 Å². The molecule has 0 aliphatic rings. The van der Waals surface area contributed by atoms with Gasteiger partial charge in [0, 0.05) is 28.3 Å². The summed E-state index contributed by atoms with van der Waals surface area (Å²) in [6, 6.07) is 10.5. The van der Waals surface area contributed by atoms with Gasteiger partial charge in [0.05, 0.1) is 12.0 Å². The summed E-state index contributed by atoms with van der Waals surface area (Å²) in [4.78, 5) is 4.30. The summed E-state index contributed by atoms with van der Waals surface area (Å²) >= 11 is 3.52. The Labute approximate surface area is 120 Å². The molecule has 0 fully saturated rings. The highest BCUT2D eigenvalue weighted by Crippen LogP contribution is 2.28. The highest BCUT2D eigenvalue weighted by atomic mass is 79.9. The fourth-order valence-electron chi connectivity index (χ4n) is 2.22. The summed E-state index contributed by atoms with van der Waals surface area (Å²) < 4.78 is 3.11. The maximum absolute atomic E-state index is 5.62. The summed E-state index contributed by atoms with van der Waals surface area (Å²) in [5, 5.41) is 0. The molecule has 0 saturated carbocycles. The third-order valence-corrected chi connectivity index (χ3v) is 3.76. The van der Waals surface area contributed by atoms with Crippen LogP contribution in [-0.2, 0) is 6.54 Å². The molecule has 0 bridgehead atoms. The molecule has 0 radical (unpaired) electrons. The number of aryl methyl sites for hydroxylation is 1. The third kappa shape index (κ3) is 2.29. The van der Waals surface area contributed by atoms with E-state index in [1.807, 2.05) is 16.8 Å². The number of hydrogen-bond donors (Lipinski definition) is 1. The lowest BCUT2D eigenvalue weighted by Crippen LogP contribution is -2.00. The molecule has 3 rings (SSSR count). The zero-order valence-electron chi connectivity index (χ0n) is 10.6. The van der Waals surface area contributed by atoms with Crippen molar-refractivity contribution in [1.29, 1.82) is 0 Å². The molecular formula is C15H14BrN3. The molecule has 3 aromatic rings. The quantitative estimate of drug-likeness (QED) is 0.786. The zero-order chi connectivity index (χ0) is 13.4. The summed E-state index contributed by atoms with van der Waals surface area (Å²) in [7, 11) is 0. The molecule has 0 unspecified atom stereocenters. The predicted octanol–water partition coefficient (Wildman–Crippen LogP) is 3.53. The number of hydrogen-bond acceptors (Lipinski definition) is 2. The Kier molecular flexibility index (Phi) is 3.12. The average Bonchev–Trinajstić information content (AvgIpc) is 2.83. The minimum absolute atomic E-state index is 0.465. The third-order valence-electron chi connectivity index (χ3n) is 3.26. The number of benzene rings is 1. The van der Waals surface area contributed by atoms with Crippen molar-refractivity contribution in [1.82, 2.24) is 9.38 Å². The second-order valence-corrected chi connectivity index (χ2v) is 5.52. The number of halogens is 1. The maximum Gasteiger partial charge on any atom is 0.0994 e. The van der Waals surface area contributed by atoms with Crippen molar-refractivity contribution in [3.8, 4) is 11.1 Å². The second kappa shape index (κ2) is 4.79. The van der Waals surface area contributed by atoms with E-state index < -0.39 is 0 Å². The summed E-state index contributed by atoms with van der Waals surface area (Å²) in [6.07, 6.45) is 3.91. The molecule has 2 aromatic heterocycles. The van der Waals surface area contributed by atoms with E-state index in [1.165, 1.54) is 16.7 Å². The van der Waals surface area contributed by atoms with Crippen LogP contribution >= 0.6 is 15.9 Å². The molecular weight excluding hydrogens is 302 g/mol. The van der Waals surface area contributed by atoms with Crippen LogP contribution in [-0.4, -0.2) is 9.38 Å². The first-order chi connectivity index (χ1) is 9.17. The van der Waals surface area contributed by atoms with Crippen LogP contribution in [0.5, 0.6) is 0 Å². The van der Waals surface area contributed by atoms with Gasteiger partial charge in [-0.1, -0.05) is 22.0 Å². The van der Waals surface area contributed by atoms with Crippen LogP contribution in [0.3, 0.4) is 0 Å². The van der Waals surface area contributed by atoms with Gasteiger partial charge in [-0.3, -0.25) is 0 Å². The Hall–Kier alpha value is -1.65. The molecule has 0 atom stereocenters. The van der Waals surface area contributed by atoms with Crippen molar-refractivity contribution in [2.24, 2.45) is 5.73 Å². The Bertz CT molecular complexity index is 746. The zero-order valence-corrected chi connectivity index (χ0v) is 12.2. The molecule has 3 nitrogen and oxygen atoms in total. The summed E-state index contributed by atoms with van der Waals surface area (Å²) in [5.41, 5.74) is 11.3. The van der Waals surface area contributed by atoms with Crippen molar-refractivity contribution in [2.45, 2.75) is 13.5 Å². The normalized spacial score (nSPS) is 11.1. The highest BCUT2D eigenvalue weighted by molar-refractivity contribution is 9.10. The van der Waals surface area contributed by atoms with Gasteiger partial charge >= 0.3 is 0 Å². The SMILES string of the molecule is Cc1ccc(Br)cc1-c1cc2cc(CN)ncn2c1. The van der Waals surface area contributed by atoms with E-state index in [0.717, 1.165) is 15.7 Å². The lowest BCUT2D eigenvalue weighted by atomic mass is 10.0. The van der Waals surface area contributed by atoms with Gasteiger partial charge in [-0.25, -0.2) is 4.98 Å². The van der Waals surface area contributed by atoms with Gasteiger partial charge in [0.25, 0.3) is 0 Å². The number of nitrogens with zero attached hydrogens (tertiary/aromatic N) is 2. The molecule has 0 aliphatic heterocycles. The minimum Gasteiger partial charge on any atom is -0.325 e. The molecule has 0 amide bonds. The van der Waals surface area contributed by atoms with Crippen LogP contribution in [0.1, 0.15) is 11.3 Å². The average molecular weight is 316 g/mol. The predicted molar refractivity (Wildman–Crippen MR) is 81.0 cm³/mol. The van der Waals surface area contributed by atoms with E-state index in [-0.39, 0.29) is 0 Å². The van der Waals surface area contributed by atoms with Crippen molar-refractivity contribution >= 4 is 21.4 Å². The van der Waals surface area contributed by atoms with Gasteiger partial charge in [-0.2, -0.15) is 0 Å². The lowest BCUT2D eigenvalue weighted by molar-refractivity contribution is 0.953. The molecule has 4 heteroatoms. The largest absolute Gasteiger partial charge is 0.325 e. The van der Waals surface area contributed by atoms with E-state index >= 15 is 0 Å². The monoisotopic (exact) mass is 315 g/mol. The number of fused-ring (bicyclic) bond motifs is 1. The standard InChI is InChI=1S/C15H14BrN3/c1-10-2-3-12(16)5-15(10)11-4-14-6-13(7-17)18-9-19(14)8-11/h2-6,8-9H,7,17H2,1H3. The van der Waals surface area contributed by atoms with Gasteiger partial charge in [-0.15, -0.1) is 0 Å². The van der Waals surface area contributed by atoms with E-state index in [1.54, 1.807) is 0 Å². The van der Waals surface area contributed by atoms with Gasteiger partial charge in [0.15, 0.2) is 0 Å². The van der Waals surface area contributed by atoms with Crippen LogP contribution in [0.15, 0.2) is 47.3 Å². The fourth-order valence-corrected chi connectivity index (χ4v) is 2.58. The Morgan fingerprint density at radius 1 is 1.26 bits per heavy atom. The second-order valence-electron chi connectivity index (χ2n) is 4.60. The number of rotatable bonds is 2. The molecule has 1 aromatic carbocycles. The minimum atomic E-state index is 0.465. The molecule has 2 heterocycles. The van der Waals surface area contributed by atoms with E-state index in [9.17, 15) is 0 Å². The molecule has 0 aliphatic carbocycles. The van der Waals surface area contributed by atoms with E-state index in [0.29, 0.717) is 6.54 Å². The van der Waals surface area contributed by atoms with Crippen molar-refractivity contribution in [3.63, 3.8) is 0 Å². The lowest BCUT2D eigenvalue weighted by Gasteiger charge is -2.03. The van der Waals surface area contributed by atoms with Crippen LogP contribution in [0.25, 0.3) is 16.6 Å². The Morgan fingerprint density at radius 3 is 2.89 bits per heavy atom.